The number of Topliss-reactive ketones (excluding diaryl/α,β-unsaturated/α-hetero) is 1. The van der Waals surface area contributed by atoms with Gasteiger partial charge in [0.1, 0.15) is 22.9 Å². The molecule has 0 spiro atoms. The fourth-order valence-electron chi connectivity index (χ4n) is 4.58. The minimum Gasteiger partial charge on any atom is -0.436 e. The maximum absolute atomic E-state index is 13.5. The molecule has 0 bridgehead atoms. The lowest BCUT2D eigenvalue weighted by molar-refractivity contribution is 0.0945. The van der Waals surface area contributed by atoms with Crippen LogP contribution < -0.4 is 11.1 Å². The molecule has 34 heavy (non-hydrogen) atoms. The van der Waals surface area contributed by atoms with Gasteiger partial charge in [-0.15, -0.1) is 0 Å². The molecule has 3 aromatic heterocycles. The Bertz CT molecular complexity index is 1360. The molecule has 1 aromatic carbocycles. The number of nitrogens with two attached hydrogens (primary N) is 1. The Morgan fingerprint density at radius 3 is 2.71 bits per heavy atom. The van der Waals surface area contributed by atoms with E-state index >= 15 is 0 Å². The molecule has 8 heteroatoms. The van der Waals surface area contributed by atoms with Gasteiger partial charge < -0.3 is 15.5 Å². The molecule has 0 unspecified atom stereocenters. The maximum atomic E-state index is 13.5. The van der Waals surface area contributed by atoms with Crippen LogP contribution in [0.1, 0.15) is 49.0 Å². The minimum atomic E-state index is -0.504. The third-order valence-electron chi connectivity index (χ3n) is 6.34. The summed E-state index contributed by atoms with van der Waals surface area (Å²) in [6.45, 7) is 0. The van der Waals surface area contributed by atoms with Crippen molar-refractivity contribution < 1.29 is 13.6 Å². The van der Waals surface area contributed by atoms with Crippen molar-refractivity contribution in [2.75, 3.05) is 11.1 Å². The van der Waals surface area contributed by atoms with Crippen molar-refractivity contribution >= 4 is 45.6 Å². The summed E-state index contributed by atoms with van der Waals surface area (Å²) in [7, 11) is 0. The number of halogens is 2. The van der Waals surface area contributed by atoms with Gasteiger partial charge >= 0.3 is 0 Å². The zero-order valence-electron chi connectivity index (χ0n) is 18.5. The van der Waals surface area contributed by atoms with Gasteiger partial charge in [-0.2, -0.15) is 0 Å². The molecule has 1 aliphatic rings. The smallest absolute Gasteiger partial charge is 0.215 e. The van der Waals surface area contributed by atoms with Crippen molar-refractivity contribution in [3.05, 3.63) is 65.3 Å². The monoisotopic (exact) mass is 478 g/mol. The largest absolute Gasteiger partial charge is 0.436 e. The molecule has 0 radical (unpaired) electrons. The first-order valence-corrected chi connectivity index (χ1v) is 11.8. The fourth-order valence-corrected chi connectivity index (χ4v) is 4.76. The highest BCUT2D eigenvalue weighted by molar-refractivity contribution is 6.31. The van der Waals surface area contributed by atoms with Gasteiger partial charge in [0.25, 0.3) is 0 Å². The van der Waals surface area contributed by atoms with Crippen molar-refractivity contribution in [2.45, 2.75) is 38.5 Å². The highest BCUT2D eigenvalue weighted by Crippen LogP contribution is 2.39. The van der Waals surface area contributed by atoms with E-state index in [1.54, 1.807) is 36.7 Å². The number of anilines is 3. The third kappa shape index (κ3) is 4.48. The molecule has 0 amide bonds. The first-order valence-electron chi connectivity index (χ1n) is 11.4. The highest BCUT2D eigenvalue weighted by atomic mass is 35.5. The van der Waals surface area contributed by atoms with Gasteiger partial charge in [0.05, 0.1) is 10.4 Å². The second-order valence-electron chi connectivity index (χ2n) is 8.69. The SMILES string of the molecule is Nc1oc2c(-c3ccnc(C(=O)CC4CCCCC4)c3)nccc2c1Nc1ccc(F)c(Cl)c1. The van der Waals surface area contributed by atoms with Gasteiger partial charge in [0.2, 0.25) is 5.88 Å². The summed E-state index contributed by atoms with van der Waals surface area (Å²) in [6.07, 6.45) is 9.65. The van der Waals surface area contributed by atoms with Gasteiger partial charge in [-0.05, 0) is 42.3 Å². The van der Waals surface area contributed by atoms with Gasteiger partial charge in [0, 0.05) is 30.1 Å². The van der Waals surface area contributed by atoms with Gasteiger partial charge in [-0.25, -0.2) is 4.39 Å². The number of nitrogens with one attached hydrogen (secondary N) is 1. The Morgan fingerprint density at radius 1 is 1.12 bits per heavy atom. The van der Waals surface area contributed by atoms with Gasteiger partial charge in [-0.1, -0.05) is 43.7 Å². The molecule has 1 saturated carbocycles. The van der Waals surface area contributed by atoms with Gasteiger partial charge in [-0.3, -0.25) is 14.8 Å². The zero-order valence-corrected chi connectivity index (χ0v) is 19.2. The van der Waals surface area contributed by atoms with E-state index < -0.39 is 5.82 Å². The third-order valence-corrected chi connectivity index (χ3v) is 6.63. The number of benzene rings is 1. The summed E-state index contributed by atoms with van der Waals surface area (Å²) in [5.41, 5.74) is 9.46. The number of nitrogen functional groups attached to an aromatic ring is 1. The number of carbonyl (C=O) groups excluding carboxylic acids is 1. The lowest BCUT2D eigenvalue weighted by Gasteiger charge is -2.20. The Balaban J connectivity index is 1.46. The molecule has 3 N–H and O–H groups in total. The summed E-state index contributed by atoms with van der Waals surface area (Å²) in [4.78, 5) is 21.7. The Morgan fingerprint density at radius 2 is 1.91 bits per heavy atom. The van der Waals surface area contributed by atoms with Crippen LogP contribution in [0.15, 0.2) is 53.2 Å². The van der Waals surface area contributed by atoms with Crippen LogP contribution in [0.2, 0.25) is 5.02 Å². The number of fused-ring (bicyclic) bond motifs is 1. The van der Waals surface area contributed by atoms with E-state index in [4.69, 9.17) is 21.8 Å². The topological polar surface area (TPSA) is 94.0 Å². The van der Waals surface area contributed by atoms with Crippen molar-refractivity contribution in [2.24, 2.45) is 5.92 Å². The Labute approximate surface area is 201 Å². The number of hydrogen-bond acceptors (Lipinski definition) is 6. The first kappa shape index (κ1) is 22.3. The van der Waals surface area contributed by atoms with Crippen molar-refractivity contribution in [3.63, 3.8) is 0 Å². The van der Waals surface area contributed by atoms with E-state index in [-0.39, 0.29) is 16.7 Å². The van der Waals surface area contributed by atoms with Crippen LogP contribution in [0.25, 0.3) is 22.2 Å². The molecule has 5 rings (SSSR count). The van der Waals surface area contributed by atoms with Crippen molar-refractivity contribution in [1.82, 2.24) is 9.97 Å². The quantitative estimate of drug-likeness (QED) is 0.285. The van der Waals surface area contributed by atoms with E-state index in [0.717, 1.165) is 18.4 Å². The molecule has 174 valence electrons. The number of carbonyl (C=O) groups is 1. The molecule has 6 nitrogen and oxygen atoms in total. The lowest BCUT2D eigenvalue weighted by Crippen LogP contribution is -2.13. The predicted molar refractivity (Wildman–Crippen MR) is 132 cm³/mol. The number of aromatic nitrogens is 2. The van der Waals surface area contributed by atoms with E-state index in [9.17, 15) is 9.18 Å². The molecule has 0 aliphatic heterocycles. The molecule has 0 atom stereocenters. The maximum Gasteiger partial charge on any atom is 0.215 e. The van der Waals surface area contributed by atoms with Crippen LogP contribution in [-0.4, -0.2) is 15.8 Å². The van der Waals surface area contributed by atoms with E-state index in [2.05, 4.69) is 15.3 Å². The minimum absolute atomic E-state index is 0.000867. The number of hydrogen-bond donors (Lipinski definition) is 2. The number of ketones is 1. The predicted octanol–water partition coefficient (Wildman–Crippen LogP) is 7.16. The summed E-state index contributed by atoms with van der Waals surface area (Å²) in [6, 6.07) is 9.66. The first-order chi connectivity index (χ1) is 16.5. The van der Waals surface area contributed by atoms with Crippen LogP contribution >= 0.6 is 11.6 Å². The average molecular weight is 479 g/mol. The van der Waals surface area contributed by atoms with E-state index in [1.807, 2.05) is 0 Å². The summed E-state index contributed by atoms with van der Waals surface area (Å²) in [5, 5.41) is 3.86. The van der Waals surface area contributed by atoms with Crippen LogP contribution in [0.3, 0.4) is 0 Å². The second-order valence-corrected chi connectivity index (χ2v) is 9.10. The van der Waals surface area contributed by atoms with E-state index in [0.29, 0.717) is 46.1 Å². The summed E-state index contributed by atoms with van der Waals surface area (Å²) < 4.78 is 19.4. The summed E-state index contributed by atoms with van der Waals surface area (Å²) in [5.74, 6) is 0.143. The number of pyridine rings is 2. The summed E-state index contributed by atoms with van der Waals surface area (Å²) >= 11 is 5.91. The van der Waals surface area contributed by atoms with Crippen LogP contribution in [0, 0.1) is 11.7 Å². The molecule has 3 heterocycles. The van der Waals surface area contributed by atoms with Crippen molar-refractivity contribution in [1.29, 1.82) is 0 Å². The molecule has 0 saturated heterocycles. The number of rotatable bonds is 6. The standard InChI is InChI=1S/C26H24ClFN4O2/c27-19-14-17(6-7-20(19)28)32-24-18-9-11-31-23(25(18)34-26(24)29)16-8-10-30-21(13-16)22(33)12-15-4-2-1-3-5-15/h6-11,13-15,32H,1-5,12,29H2. The average Bonchev–Trinajstić information content (AvgIpc) is 3.17. The normalized spacial score (nSPS) is 14.4. The van der Waals surface area contributed by atoms with E-state index in [1.165, 1.54) is 31.4 Å². The van der Waals surface area contributed by atoms with Crippen LogP contribution in [0.5, 0.6) is 0 Å². The van der Waals surface area contributed by atoms with Gasteiger partial charge in [0.15, 0.2) is 11.4 Å². The van der Waals surface area contributed by atoms with Crippen LogP contribution in [0.4, 0.5) is 21.6 Å². The van der Waals surface area contributed by atoms with Crippen molar-refractivity contribution in [3.8, 4) is 11.3 Å². The molecule has 1 aliphatic carbocycles. The highest BCUT2D eigenvalue weighted by Gasteiger charge is 2.21. The Hall–Kier alpha value is -3.45. The Kier molecular flexibility index (Phi) is 6.20. The fraction of sp³-hybridized carbons (Fsp3) is 0.269. The molecule has 1 fully saturated rings. The molecular weight excluding hydrogens is 455 g/mol. The zero-order chi connectivity index (χ0) is 23.7. The second kappa shape index (κ2) is 9.43. The van der Waals surface area contributed by atoms with Crippen LogP contribution in [-0.2, 0) is 0 Å². The molecular formula is C26H24ClFN4O2. The number of furan rings is 1. The molecule has 4 aromatic rings. The lowest BCUT2D eigenvalue weighted by atomic mass is 9.85. The number of nitrogens with zero attached hydrogens (tertiary/aromatic N) is 2.